The summed E-state index contributed by atoms with van der Waals surface area (Å²) in [6, 6.07) is 14.7. The monoisotopic (exact) mass is 379 g/mol. The van der Waals surface area contributed by atoms with Crippen LogP contribution in [0.15, 0.2) is 42.5 Å². The fourth-order valence-electron chi connectivity index (χ4n) is 4.05. The number of hydrogen-bond acceptors (Lipinski definition) is 4. The van der Waals surface area contributed by atoms with Gasteiger partial charge in [-0.25, -0.2) is 0 Å². The molecule has 1 N–H and O–H groups in total. The third-order valence-electron chi connectivity index (χ3n) is 5.69. The number of amides is 1. The Kier molecular flexibility index (Phi) is 5.81. The molecular weight excluding hydrogens is 350 g/mol. The van der Waals surface area contributed by atoms with Crippen LogP contribution in [0.2, 0.25) is 0 Å². The van der Waals surface area contributed by atoms with Gasteiger partial charge in [0.25, 0.3) is 0 Å². The SMILES string of the molecule is Cc1ccccc1N1CCN(CCCOc2ccc3c(c2)NC(=O)CC3)CC1. The lowest BCUT2D eigenvalue weighted by Crippen LogP contribution is -2.47. The average Bonchev–Trinajstić information content (AvgIpc) is 2.72. The quantitative estimate of drug-likeness (QED) is 0.781. The number of fused-ring (bicyclic) bond motifs is 1. The molecule has 5 heteroatoms. The summed E-state index contributed by atoms with van der Waals surface area (Å²) in [5.74, 6) is 0.930. The van der Waals surface area contributed by atoms with Gasteiger partial charge in [-0.2, -0.15) is 0 Å². The first-order valence-corrected chi connectivity index (χ1v) is 10.3. The first kappa shape index (κ1) is 18.8. The second kappa shape index (κ2) is 8.65. The molecule has 5 nitrogen and oxygen atoms in total. The molecule has 0 spiro atoms. The molecular formula is C23H29N3O2. The first-order chi connectivity index (χ1) is 13.7. The van der Waals surface area contributed by atoms with Gasteiger partial charge in [-0.15, -0.1) is 0 Å². The lowest BCUT2D eigenvalue weighted by Gasteiger charge is -2.36. The molecule has 0 aromatic heterocycles. The van der Waals surface area contributed by atoms with Crippen LogP contribution in [0.1, 0.15) is 24.0 Å². The number of ether oxygens (including phenoxy) is 1. The first-order valence-electron chi connectivity index (χ1n) is 10.3. The molecule has 0 saturated carbocycles. The van der Waals surface area contributed by atoms with Crippen molar-refractivity contribution in [2.75, 3.05) is 49.5 Å². The summed E-state index contributed by atoms with van der Waals surface area (Å²) in [4.78, 5) is 16.6. The van der Waals surface area contributed by atoms with Gasteiger partial charge in [-0.3, -0.25) is 9.69 Å². The molecule has 1 fully saturated rings. The zero-order chi connectivity index (χ0) is 19.3. The van der Waals surface area contributed by atoms with Crippen molar-refractivity contribution in [3.05, 3.63) is 53.6 Å². The number of aryl methyl sites for hydroxylation is 2. The van der Waals surface area contributed by atoms with E-state index in [4.69, 9.17) is 4.74 Å². The molecule has 148 valence electrons. The van der Waals surface area contributed by atoms with E-state index in [1.54, 1.807) is 0 Å². The summed E-state index contributed by atoms with van der Waals surface area (Å²) in [5, 5.41) is 2.93. The molecule has 1 amide bonds. The van der Waals surface area contributed by atoms with Gasteiger partial charge >= 0.3 is 0 Å². The van der Waals surface area contributed by atoms with Gasteiger partial charge in [-0.05, 0) is 43.0 Å². The summed E-state index contributed by atoms with van der Waals surface area (Å²) in [5.41, 5.74) is 4.81. The van der Waals surface area contributed by atoms with E-state index in [-0.39, 0.29) is 5.91 Å². The van der Waals surface area contributed by atoms with Gasteiger partial charge in [0.15, 0.2) is 0 Å². The standard InChI is InChI=1S/C23H29N3O2/c1-18-5-2-3-6-22(18)26-14-12-25(13-15-26)11-4-16-28-20-9-7-19-8-10-23(27)24-21(19)17-20/h2-3,5-7,9,17H,4,8,10-16H2,1H3,(H,24,27). The van der Waals surface area contributed by atoms with Gasteiger partial charge in [0.1, 0.15) is 5.75 Å². The van der Waals surface area contributed by atoms with Gasteiger partial charge in [-0.1, -0.05) is 24.3 Å². The number of carbonyl (C=O) groups is 1. The van der Waals surface area contributed by atoms with Crippen LogP contribution in [-0.4, -0.2) is 50.1 Å². The van der Waals surface area contributed by atoms with E-state index >= 15 is 0 Å². The van der Waals surface area contributed by atoms with Crippen molar-refractivity contribution < 1.29 is 9.53 Å². The van der Waals surface area contributed by atoms with Crippen molar-refractivity contribution in [1.82, 2.24) is 4.90 Å². The second-order valence-corrected chi connectivity index (χ2v) is 7.68. The lowest BCUT2D eigenvalue weighted by atomic mass is 10.0. The third kappa shape index (κ3) is 4.47. The number of rotatable bonds is 6. The topological polar surface area (TPSA) is 44.8 Å². The minimum Gasteiger partial charge on any atom is -0.493 e. The molecule has 2 heterocycles. The predicted molar refractivity (Wildman–Crippen MR) is 113 cm³/mol. The van der Waals surface area contributed by atoms with E-state index in [1.165, 1.54) is 16.8 Å². The fourth-order valence-corrected chi connectivity index (χ4v) is 4.05. The Labute approximate surface area is 167 Å². The van der Waals surface area contributed by atoms with Crippen molar-refractivity contribution in [3.8, 4) is 5.75 Å². The number of nitrogens with one attached hydrogen (secondary N) is 1. The van der Waals surface area contributed by atoms with Crippen LogP contribution in [0.4, 0.5) is 11.4 Å². The predicted octanol–water partition coefficient (Wildman–Crippen LogP) is 3.47. The Hall–Kier alpha value is -2.53. The van der Waals surface area contributed by atoms with E-state index in [9.17, 15) is 4.79 Å². The molecule has 4 rings (SSSR count). The molecule has 0 unspecified atom stereocenters. The van der Waals surface area contributed by atoms with E-state index in [2.05, 4.69) is 52.4 Å². The van der Waals surface area contributed by atoms with Crippen LogP contribution in [0.25, 0.3) is 0 Å². The molecule has 2 aliphatic heterocycles. The molecule has 2 aromatic carbocycles. The van der Waals surface area contributed by atoms with Crippen LogP contribution in [0, 0.1) is 6.92 Å². The van der Waals surface area contributed by atoms with Gasteiger partial charge in [0.2, 0.25) is 5.91 Å². The normalized spacial score (nSPS) is 17.2. The maximum atomic E-state index is 11.5. The summed E-state index contributed by atoms with van der Waals surface area (Å²) >= 11 is 0. The number of nitrogens with zero attached hydrogens (tertiary/aromatic N) is 2. The Balaban J connectivity index is 1.19. The number of benzene rings is 2. The van der Waals surface area contributed by atoms with Crippen molar-refractivity contribution in [2.45, 2.75) is 26.2 Å². The Morgan fingerprint density at radius 1 is 1.04 bits per heavy atom. The van der Waals surface area contributed by atoms with Crippen molar-refractivity contribution in [2.24, 2.45) is 0 Å². The minimum atomic E-state index is 0.0921. The smallest absolute Gasteiger partial charge is 0.224 e. The molecule has 0 bridgehead atoms. The third-order valence-corrected chi connectivity index (χ3v) is 5.69. The Bertz CT molecular complexity index is 828. The number of hydrogen-bond donors (Lipinski definition) is 1. The zero-order valence-electron chi connectivity index (χ0n) is 16.6. The van der Waals surface area contributed by atoms with Crippen LogP contribution in [-0.2, 0) is 11.2 Å². The zero-order valence-corrected chi connectivity index (χ0v) is 16.6. The molecule has 1 saturated heterocycles. The maximum absolute atomic E-state index is 11.5. The summed E-state index contributed by atoms with van der Waals surface area (Å²) < 4.78 is 5.92. The highest BCUT2D eigenvalue weighted by molar-refractivity contribution is 5.94. The number of anilines is 2. The van der Waals surface area contributed by atoms with E-state index in [0.717, 1.165) is 57.0 Å². The second-order valence-electron chi connectivity index (χ2n) is 7.68. The molecule has 0 atom stereocenters. The van der Waals surface area contributed by atoms with Crippen LogP contribution in [0.5, 0.6) is 5.75 Å². The van der Waals surface area contributed by atoms with Gasteiger partial charge in [0, 0.05) is 56.6 Å². The minimum absolute atomic E-state index is 0.0921. The molecule has 2 aromatic rings. The lowest BCUT2D eigenvalue weighted by molar-refractivity contribution is -0.116. The highest BCUT2D eigenvalue weighted by Crippen LogP contribution is 2.27. The number of piperazine rings is 1. The highest BCUT2D eigenvalue weighted by atomic mass is 16.5. The van der Waals surface area contributed by atoms with Crippen LogP contribution in [0.3, 0.4) is 0 Å². The van der Waals surface area contributed by atoms with Crippen molar-refractivity contribution in [1.29, 1.82) is 0 Å². The van der Waals surface area contributed by atoms with E-state index in [0.29, 0.717) is 13.0 Å². The van der Waals surface area contributed by atoms with E-state index in [1.807, 2.05) is 12.1 Å². The highest BCUT2D eigenvalue weighted by Gasteiger charge is 2.18. The van der Waals surface area contributed by atoms with Gasteiger partial charge in [0.05, 0.1) is 6.61 Å². The maximum Gasteiger partial charge on any atom is 0.224 e. The summed E-state index contributed by atoms with van der Waals surface area (Å²) in [6.07, 6.45) is 2.40. The van der Waals surface area contributed by atoms with Crippen molar-refractivity contribution >= 4 is 17.3 Å². The number of para-hydroxylation sites is 1. The molecule has 2 aliphatic rings. The summed E-state index contributed by atoms with van der Waals surface area (Å²) in [6.45, 7) is 8.30. The number of carbonyl (C=O) groups excluding carboxylic acids is 1. The van der Waals surface area contributed by atoms with Crippen molar-refractivity contribution in [3.63, 3.8) is 0 Å². The average molecular weight is 380 g/mol. The largest absolute Gasteiger partial charge is 0.493 e. The van der Waals surface area contributed by atoms with Crippen LogP contribution < -0.4 is 15.0 Å². The summed E-state index contributed by atoms with van der Waals surface area (Å²) in [7, 11) is 0. The molecule has 0 aliphatic carbocycles. The fraction of sp³-hybridized carbons (Fsp3) is 0.435. The molecule has 0 radical (unpaired) electrons. The van der Waals surface area contributed by atoms with Crippen LogP contribution >= 0.6 is 0 Å². The van der Waals surface area contributed by atoms with E-state index < -0.39 is 0 Å². The molecule has 28 heavy (non-hydrogen) atoms. The Morgan fingerprint density at radius 3 is 2.68 bits per heavy atom. The Morgan fingerprint density at radius 2 is 1.86 bits per heavy atom. The van der Waals surface area contributed by atoms with Gasteiger partial charge < -0.3 is 15.0 Å².